The fourth-order valence-corrected chi connectivity index (χ4v) is 2.46. The normalized spacial score (nSPS) is 15.9. The lowest BCUT2D eigenvalue weighted by atomic mass is 10.1. The first-order valence-corrected chi connectivity index (χ1v) is 7.93. The summed E-state index contributed by atoms with van der Waals surface area (Å²) in [6, 6.07) is 8.26. The summed E-state index contributed by atoms with van der Waals surface area (Å²) in [5.41, 5.74) is 2.41. The number of carbonyl (C=O) groups excluding carboxylic acids is 1. The summed E-state index contributed by atoms with van der Waals surface area (Å²) in [4.78, 5) is 16.0. The van der Waals surface area contributed by atoms with Crippen LogP contribution in [0.3, 0.4) is 0 Å². The van der Waals surface area contributed by atoms with Crippen molar-refractivity contribution in [2.75, 3.05) is 11.9 Å². The highest BCUT2D eigenvalue weighted by atomic mass is 19.1. The molecule has 5 nitrogen and oxygen atoms in total. The molecule has 0 saturated carbocycles. The van der Waals surface area contributed by atoms with E-state index >= 15 is 0 Å². The van der Waals surface area contributed by atoms with Gasteiger partial charge in [0, 0.05) is 18.4 Å². The molecule has 126 valence electrons. The molecule has 0 saturated heterocycles. The van der Waals surface area contributed by atoms with Gasteiger partial charge in [0.2, 0.25) is 11.8 Å². The van der Waals surface area contributed by atoms with Crippen LogP contribution in [0.25, 0.3) is 0 Å². The first kappa shape index (κ1) is 16.2. The molecule has 0 amide bonds. The molecular weight excluding hydrogens is 311 g/mol. The number of ether oxygens (including phenoxy) is 2. The third-order valence-electron chi connectivity index (χ3n) is 3.71. The van der Waals surface area contributed by atoms with E-state index in [4.69, 9.17) is 9.47 Å². The number of carbonyl (C=O) groups is 1. The summed E-state index contributed by atoms with van der Waals surface area (Å²) < 4.78 is 24.0. The van der Waals surface area contributed by atoms with Gasteiger partial charge in [-0.3, -0.25) is 4.79 Å². The van der Waals surface area contributed by atoms with E-state index in [-0.39, 0.29) is 30.1 Å². The third kappa shape index (κ3) is 3.64. The van der Waals surface area contributed by atoms with Gasteiger partial charge in [0.1, 0.15) is 12.4 Å². The molecule has 1 N–H and O–H groups in total. The number of esters is 1. The second-order valence-electron chi connectivity index (χ2n) is 5.79. The van der Waals surface area contributed by atoms with Crippen LogP contribution in [0.2, 0.25) is 0 Å². The zero-order chi connectivity index (χ0) is 17.1. The van der Waals surface area contributed by atoms with Crippen molar-refractivity contribution in [3.05, 3.63) is 47.3 Å². The maximum absolute atomic E-state index is 13.1. The van der Waals surface area contributed by atoms with Crippen molar-refractivity contribution in [1.82, 2.24) is 4.98 Å². The fourth-order valence-electron chi connectivity index (χ4n) is 2.46. The van der Waals surface area contributed by atoms with Crippen LogP contribution in [-0.4, -0.2) is 23.6 Å². The maximum Gasteiger partial charge on any atom is 0.312 e. The first-order chi connectivity index (χ1) is 11.5. The summed E-state index contributed by atoms with van der Waals surface area (Å²) in [7, 11) is 0. The second kappa shape index (κ2) is 6.86. The molecular formula is C18H19FN2O3. The van der Waals surface area contributed by atoms with E-state index in [0.717, 1.165) is 16.8 Å². The number of anilines is 1. The SMILES string of the molecule is CCC(=O)Oc1nc2c(cc1Cc1ccc(F)cc1)N[C@@H](C)CO2. The van der Waals surface area contributed by atoms with Crippen molar-refractivity contribution in [1.29, 1.82) is 0 Å². The van der Waals surface area contributed by atoms with Crippen molar-refractivity contribution < 1.29 is 18.7 Å². The highest BCUT2D eigenvalue weighted by molar-refractivity contribution is 5.72. The molecule has 0 radical (unpaired) electrons. The van der Waals surface area contributed by atoms with Gasteiger partial charge in [0.25, 0.3) is 0 Å². The zero-order valence-electron chi connectivity index (χ0n) is 13.6. The molecule has 2 aromatic rings. The average Bonchev–Trinajstić information content (AvgIpc) is 2.57. The molecule has 0 unspecified atom stereocenters. The fraction of sp³-hybridized carbons (Fsp3) is 0.333. The molecule has 0 aliphatic carbocycles. The van der Waals surface area contributed by atoms with Gasteiger partial charge in [-0.05, 0) is 30.7 Å². The third-order valence-corrected chi connectivity index (χ3v) is 3.71. The minimum atomic E-state index is -0.361. The Bertz CT molecular complexity index is 747. The van der Waals surface area contributed by atoms with Crippen molar-refractivity contribution in [3.8, 4) is 11.8 Å². The number of nitrogens with zero attached hydrogens (tertiary/aromatic N) is 1. The predicted octanol–water partition coefficient (Wildman–Crippen LogP) is 3.32. The summed E-state index contributed by atoms with van der Waals surface area (Å²) in [6.07, 6.45) is 0.730. The number of nitrogens with one attached hydrogen (secondary N) is 1. The number of hydrogen-bond donors (Lipinski definition) is 1. The molecule has 0 bridgehead atoms. The van der Waals surface area contributed by atoms with Gasteiger partial charge in [0.05, 0.1) is 11.7 Å². The Labute approximate surface area is 139 Å². The van der Waals surface area contributed by atoms with Gasteiger partial charge in [-0.15, -0.1) is 0 Å². The lowest BCUT2D eigenvalue weighted by Gasteiger charge is -2.25. The number of halogens is 1. The number of benzene rings is 1. The van der Waals surface area contributed by atoms with Crippen LogP contribution in [-0.2, 0) is 11.2 Å². The lowest BCUT2D eigenvalue weighted by Crippen LogP contribution is -2.29. The van der Waals surface area contributed by atoms with E-state index in [1.54, 1.807) is 19.1 Å². The van der Waals surface area contributed by atoms with Crippen LogP contribution >= 0.6 is 0 Å². The van der Waals surface area contributed by atoms with E-state index in [2.05, 4.69) is 10.3 Å². The van der Waals surface area contributed by atoms with Gasteiger partial charge in [0.15, 0.2) is 0 Å². The molecule has 1 aromatic heterocycles. The number of hydrogen-bond acceptors (Lipinski definition) is 5. The van der Waals surface area contributed by atoms with Crippen molar-refractivity contribution in [2.45, 2.75) is 32.7 Å². The van der Waals surface area contributed by atoms with Gasteiger partial charge in [-0.2, -0.15) is 4.98 Å². The summed E-state index contributed by atoms with van der Waals surface area (Å²) in [5.74, 6) is 0.0138. The number of aromatic nitrogens is 1. The molecule has 3 rings (SSSR count). The number of fused-ring (bicyclic) bond motifs is 1. The largest absolute Gasteiger partial charge is 0.474 e. The number of pyridine rings is 1. The Balaban J connectivity index is 1.95. The molecule has 0 fully saturated rings. The molecule has 1 aliphatic heterocycles. The lowest BCUT2D eigenvalue weighted by molar-refractivity contribution is -0.134. The molecule has 1 aliphatic rings. The summed E-state index contributed by atoms with van der Waals surface area (Å²) in [6.45, 7) is 4.23. The molecule has 24 heavy (non-hydrogen) atoms. The minimum absolute atomic E-state index is 0.169. The van der Waals surface area contributed by atoms with Gasteiger partial charge in [-0.1, -0.05) is 19.1 Å². The second-order valence-corrected chi connectivity index (χ2v) is 5.79. The molecule has 1 atom stereocenters. The van der Waals surface area contributed by atoms with E-state index < -0.39 is 0 Å². The van der Waals surface area contributed by atoms with Gasteiger partial charge >= 0.3 is 5.97 Å². The minimum Gasteiger partial charge on any atom is -0.474 e. The van der Waals surface area contributed by atoms with Crippen LogP contribution < -0.4 is 14.8 Å². The Morgan fingerprint density at radius 2 is 2.17 bits per heavy atom. The predicted molar refractivity (Wildman–Crippen MR) is 87.9 cm³/mol. The Morgan fingerprint density at radius 1 is 1.42 bits per heavy atom. The van der Waals surface area contributed by atoms with E-state index in [9.17, 15) is 9.18 Å². The molecule has 1 aromatic carbocycles. The Kier molecular flexibility index (Phi) is 4.64. The highest BCUT2D eigenvalue weighted by Gasteiger charge is 2.21. The monoisotopic (exact) mass is 330 g/mol. The molecule has 2 heterocycles. The van der Waals surface area contributed by atoms with E-state index in [0.29, 0.717) is 18.9 Å². The quantitative estimate of drug-likeness (QED) is 0.872. The van der Waals surface area contributed by atoms with Crippen molar-refractivity contribution in [3.63, 3.8) is 0 Å². The van der Waals surface area contributed by atoms with Crippen LogP contribution in [0.15, 0.2) is 30.3 Å². The zero-order valence-corrected chi connectivity index (χ0v) is 13.6. The standard InChI is InChI=1S/C18H19FN2O3/c1-3-16(22)24-17-13(8-12-4-6-14(19)7-5-12)9-15-18(21-17)23-10-11(2)20-15/h4-7,9,11,20H,3,8,10H2,1-2H3/t11-/m0/s1. The summed E-state index contributed by atoms with van der Waals surface area (Å²) >= 11 is 0. The average molecular weight is 330 g/mol. The highest BCUT2D eigenvalue weighted by Crippen LogP contribution is 2.33. The van der Waals surface area contributed by atoms with Crippen LogP contribution in [0, 0.1) is 5.82 Å². The Hall–Kier alpha value is -2.63. The van der Waals surface area contributed by atoms with Crippen molar-refractivity contribution in [2.24, 2.45) is 0 Å². The van der Waals surface area contributed by atoms with Crippen LogP contribution in [0.1, 0.15) is 31.4 Å². The summed E-state index contributed by atoms with van der Waals surface area (Å²) in [5, 5.41) is 3.30. The van der Waals surface area contributed by atoms with Crippen LogP contribution in [0.5, 0.6) is 11.8 Å². The topological polar surface area (TPSA) is 60.5 Å². The molecule has 6 heteroatoms. The first-order valence-electron chi connectivity index (χ1n) is 7.93. The van der Waals surface area contributed by atoms with E-state index in [1.807, 2.05) is 13.0 Å². The Morgan fingerprint density at radius 3 is 2.88 bits per heavy atom. The maximum atomic E-state index is 13.1. The van der Waals surface area contributed by atoms with Crippen LogP contribution in [0.4, 0.5) is 10.1 Å². The molecule has 0 spiro atoms. The van der Waals surface area contributed by atoms with Crippen molar-refractivity contribution >= 4 is 11.7 Å². The smallest absolute Gasteiger partial charge is 0.312 e. The van der Waals surface area contributed by atoms with Gasteiger partial charge < -0.3 is 14.8 Å². The van der Waals surface area contributed by atoms with Gasteiger partial charge in [-0.25, -0.2) is 4.39 Å². The number of rotatable bonds is 4. The van der Waals surface area contributed by atoms with E-state index in [1.165, 1.54) is 12.1 Å².